The second-order valence-corrected chi connectivity index (χ2v) is 8.97. The van der Waals surface area contributed by atoms with Gasteiger partial charge in [0, 0.05) is 26.2 Å². The molecular weight excluding hydrogens is 294 g/mol. The normalized spacial score (nSPS) is 28.8. The number of rotatable bonds is 0. The van der Waals surface area contributed by atoms with Crippen molar-refractivity contribution < 1.29 is 17.9 Å². The average molecular weight is 319 g/mol. The summed E-state index contributed by atoms with van der Waals surface area (Å²) in [5.41, 5.74) is 4.99. The molecule has 1 unspecified atom stereocenters. The maximum absolute atomic E-state index is 12.0. The summed E-state index contributed by atoms with van der Waals surface area (Å²) < 4.78 is 30.7. The molecule has 21 heavy (non-hydrogen) atoms. The highest BCUT2D eigenvalue weighted by atomic mass is 32.2. The van der Waals surface area contributed by atoms with Crippen LogP contribution in [0.2, 0.25) is 0 Å². The van der Waals surface area contributed by atoms with Crippen LogP contribution in [-0.2, 0) is 14.8 Å². The van der Waals surface area contributed by atoms with Gasteiger partial charge >= 0.3 is 6.09 Å². The fourth-order valence-electron chi connectivity index (χ4n) is 3.09. The Labute approximate surface area is 126 Å². The number of likely N-dealkylation sites (N-methyl/N-ethyl adjacent to an activating group) is 1. The summed E-state index contributed by atoms with van der Waals surface area (Å²) in [6, 6.07) is -0.409. The van der Waals surface area contributed by atoms with Crippen molar-refractivity contribution in [3.8, 4) is 0 Å². The van der Waals surface area contributed by atoms with Crippen LogP contribution in [-0.4, -0.2) is 66.8 Å². The molecule has 0 aliphatic carbocycles. The highest BCUT2D eigenvalue weighted by Gasteiger charge is 2.54. The SMILES string of the molecule is CN1C2(CCN(C(=O)OC(C)(C)C)CC2)C(N)CS1(=O)=O. The molecule has 1 atom stereocenters. The minimum absolute atomic E-state index is 0.0179. The Morgan fingerprint density at radius 3 is 2.19 bits per heavy atom. The van der Waals surface area contributed by atoms with Crippen LogP contribution in [0, 0.1) is 0 Å². The molecular formula is C13H25N3O4S. The molecule has 2 aliphatic rings. The number of carbonyl (C=O) groups is 1. The second-order valence-electron chi connectivity index (χ2n) is 6.92. The van der Waals surface area contributed by atoms with E-state index in [1.165, 1.54) is 4.31 Å². The van der Waals surface area contributed by atoms with Gasteiger partial charge in [0.25, 0.3) is 0 Å². The van der Waals surface area contributed by atoms with Gasteiger partial charge in [0.15, 0.2) is 0 Å². The van der Waals surface area contributed by atoms with E-state index >= 15 is 0 Å². The van der Waals surface area contributed by atoms with Crippen molar-refractivity contribution in [3.05, 3.63) is 0 Å². The largest absolute Gasteiger partial charge is 0.444 e. The summed E-state index contributed by atoms with van der Waals surface area (Å²) in [5, 5.41) is 0. The van der Waals surface area contributed by atoms with Crippen LogP contribution in [0.1, 0.15) is 33.6 Å². The van der Waals surface area contributed by atoms with E-state index in [9.17, 15) is 13.2 Å². The molecule has 2 saturated heterocycles. The van der Waals surface area contributed by atoms with Crippen molar-refractivity contribution in [1.82, 2.24) is 9.21 Å². The predicted octanol–water partition coefficient (Wildman–Crippen LogP) is 0.359. The van der Waals surface area contributed by atoms with Gasteiger partial charge in [-0.05, 0) is 33.6 Å². The minimum Gasteiger partial charge on any atom is -0.444 e. The molecule has 8 heteroatoms. The molecule has 0 aromatic carbocycles. The lowest BCUT2D eigenvalue weighted by atomic mass is 9.82. The Hall–Kier alpha value is -0.860. The number of nitrogens with zero attached hydrogens (tertiary/aromatic N) is 2. The smallest absolute Gasteiger partial charge is 0.410 e. The third-order valence-corrected chi connectivity index (χ3v) is 6.38. The Bertz CT molecular complexity index is 518. The van der Waals surface area contributed by atoms with Gasteiger partial charge in [0.1, 0.15) is 5.60 Å². The fraction of sp³-hybridized carbons (Fsp3) is 0.923. The number of hydrogen-bond acceptors (Lipinski definition) is 5. The van der Waals surface area contributed by atoms with Gasteiger partial charge in [-0.15, -0.1) is 0 Å². The van der Waals surface area contributed by atoms with Gasteiger partial charge in [-0.1, -0.05) is 0 Å². The Morgan fingerprint density at radius 1 is 1.29 bits per heavy atom. The van der Waals surface area contributed by atoms with E-state index in [0.717, 1.165) is 0 Å². The van der Waals surface area contributed by atoms with Crippen LogP contribution in [0.5, 0.6) is 0 Å². The quantitative estimate of drug-likeness (QED) is 0.696. The zero-order chi connectivity index (χ0) is 16.1. The number of nitrogens with two attached hydrogens (primary N) is 1. The molecule has 2 heterocycles. The van der Waals surface area contributed by atoms with Crippen molar-refractivity contribution in [3.63, 3.8) is 0 Å². The molecule has 0 radical (unpaired) electrons. The summed E-state index contributed by atoms with van der Waals surface area (Å²) in [7, 11) is -1.69. The van der Waals surface area contributed by atoms with Crippen LogP contribution in [0.25, 0.3) is 0 Å². The number of hydrogen-bond donors (Lipinski definition) is 1. The molecule has 1 amide bonds. The first-order chi connectivity index (χ1) is 9.48. The lowest BCUT2D eigenvalue weighted by Crippen LogP contribution is -2.59. The summed E-state index contributed by atoms with van der Waals surface area (Å²) in [4.78, 5) is 13.7. The van der Waals surface area contributed by atoms with Crippen molar-refractivity contribution >= 4 is 16.1 Å². The molecule has 2 fully saturated rings. The third-order valence-electron chi connectivity index (χ3n) is 4.41. The molecule has 0 bridgehead atoms. The minimum atomic E-state index is -3.28. The van der Waals surface area contributed by atoms with Gasteiger partial charge in [0.05, 0.1) is 11.3 Å². The van der Waals surface area contributed by atoms with Crippen LogP contribution < -0.4 is 5.73 Å². The molecule has 1 spiro atoms. The van der Waals surface area contributed by atoms with Crippen molar-refractivity contribution in [2.45, 2.75) is 50.8 Å². The molecule has 0 saturated carbocycles. The lowest BCUT2D eigenvalue weighted by molar-refractivity contribution is 0.00896. The zero-order valence-corrected chi connectivity index (χ0v) is 13.9. The summed E-state index contributed by atoms with van der Waals surface area (Å²) in [5.74, 6) is -0.0179. The number of sulfonamides is 1. The molecule has 0 aromatic heterocycles. The van der Waals surface area contributed by atoms with Crippen molar-refractivity contribution in [2.24, 2.45) is 5.73 Å². The summed E-state index contributed by atoms with van der Waals surface area (Å²) in [6.07, 6.45) is 0.737. The summed E-state index contributed by atoms with van der Waals surface area (Å²) >= 11 is 0. The number of amides is 1. The van der Waals surface area contributed by atoms with Gasteiger partial charge < -0.3 is 15.4 Å². The maximum atomic E-state index is 12.0. The highest BCUT2D eigenvalue weighted by molar-refractivity contribution is 7.89. The van der Waals surface area contributed by atoms with Crippen molar-refractivity contribution in [2.75, 3.05) is 25.9 Å². The van der Waals surface area contributed by atoms with Gasteiger partial charge in [-0.2, -0.15) is 4.31 Å². The topological polar surface area (TPSA) is 92.9 Å². The maximum Gasteiger partial charge on any atom is 0.410 e. The fourth-order valence-corrected chi connectivity index (χ4v) is 4.95. The molecule has 2 N–H and O–H groups in total. The van der Waals surface area contributed by atoms with Gasteiger partial charge in [-0.3, -0.25) is 0 Å². The predicted molar refractivity (Wildman–Crippen MR) is 79.3 cm³/mol. The highest BCUT2D eigenvalue weighted by Crippen LogP contribution is 2.38. The van der Waals surface area contributed by atoms with E-state index in [2.05, 4.69) is 0 Å². The first-order valence-electron chi connectivity index (χ1n) is 7.18. The van der Waals surface area contributed by atoms with E-state index in [1.54, 1.807) is 11.9 Å². The van der Waals surface area contributed by atoms with E-state index in [1.807, 2.05) is 20.8 Å². The van der Waals surface area contributed by atoms with E-state index in [0.29, 0.717) is 25.9 Å². The summed E-state index contributed by atoms with van der Waals surface area (Å²) in [6.45, 7) is 6.39. The molecule has 122 valence electrons. The number of likely N-dealkylation sites (tertiary alicyclic amines) is 1. The average Bonchev–Trinajstić information content (AvgIpc) is 2.49. The molecule has 2 aliphatic heterocycles. The second kappa shape index (κ2) is 5.10. The van der Waals surface area contributed by atoms with Gasteiger partial charge in [0.2, 0.25) is 10.0 Å². The molecule has 2 rings (SSSR count). The lowest BCUT2D eigenvalue weighted by Gasteiger charge is -2.44. The molecule has 0 aromatic rings. The monoisotopic (exact) mass is 319 g/mol. The van der Waals surface area contributed by atoms with Crippen LogP contribution in [0.15, 0.2) is 0 Å². The van der Waals surface area contributed by atoms with E-state index in [4.69, 9.17) is 10.5 Å². The standard InChI is InChI=1S/C13H25N3O4S/c1-12(2,3)20-11(17)16-7-5-13(6-8-16)10(14)9-21(18,19)15(13)4/h10H,5-9,14H2,1-4H3. The van der Waals surface area contributed by atoms with Gasteiger partial charge in [-0.25, -0.2) is 13.2 Å². The van der Waals surface area contributed by atoms with Crippen LogP contribution in [0.4, 0.5) is 4.79 Å². The van der Waals surface area contributed by atoms with E-state index in [-0.39, 0.29) is 11.8 Å². The van der Waals surface area contributed by atoms with Crippen molar-refractivity contribution in [1.29, 1.82) is 0 Å². The number of carbonyl (C=O) groups excluding carboxylic acids is 1. The Morgan fingerprint density at radius 2 is 1.81 bits per heavy atom. The third kappa shape index (κ3) is 3.02. The Kier molecular flexibility index (Phi) is 4.01. The number of piperidine rings is 1. The van der Waals surface area contributed by atoms with Crippen LogP contribution in [0.3, 0.4) is 0 Å². The first kappa shape index (κ1) is 16.5. The zero-order valence-electron chi connectivity index (χ0n) is 13.1. The first-order valence-corrected chi connectivity index (χ1v) is 8.79. The van der Waals surface area contributed by atoms with Crippen LogP contribution >= 0.6 is 0 Å². The number of ether oxygens (including phenoxy) is 1. The molecule has 7 nitrogen and oxygen atoms in total. The van der Waals surface area contributed by atoms with E-state index < -0.39 is 27.2 Å². The Balaban J connectivity index is 2.05.